The fourth-order valence-electron chi connectivity index (χ4n) is 1.72. The Kier molecular flexibility index (Phi) is 2.05. The van der Waals surface area contributed by atoms with Crippen LogP contribution in [-0.4, -0.2) is 21.1 Å². The predicted octanol–water partition coefficient (Wildman–Crippen LogP) is 1.94. The number of anilines is 1. The normalized spacial score (nSPS) is 15.7. The Morgan fingerprint density at radius 1 is 1.40 bits per heavy atom. The number of rotatable bonds is 4. The third-order valence-electron chi connectivity index (χ3n) is 2.81. The minimum absolute atomic E-state index is 0.895. The van der Waals surface area contributed by atoms with Crippen molar-refractivity contribution in [3.8, 4) is 0 Å². The van der Waals surface area contributed by atoms with E-state index in [-0.39, 0.29) is 0 Å². The Morgan fingerprint density at radius 2 is 2.33 bits per heavy atom. The number of hydrogen-bond donors (Lipinski definition) is 1. The predicted molar refractivity (Wildman–Crippen MR) is 58.8 cm³/mol. The maximum Gasteiger partial charge on any atom is 0.157 e. The standard InChI is InChI=1S/C11H14N4/c1-2-9(1)3-6-12-10-5-8-15-11(14-10)4-7-13-15/h4-5,7-9H,1-3,6H2,(H,12,14). The van der Waals surface area contributed by atoms with Gasteiger partial charge in [0.2, 0.25) is 0 Å². The molecule has 0 amide bonds. The molecule has 0 radical (unpaired) electrons. The summed E-state index contributed by atoms with van der Waals surface area (Å²) >= 11 is 0. The van der Waals surface area contributed by atoms with Crippen molar-refractivity contribution in [1.29, 1.82) is 0 Å². The third-order valence-corrected chi connectivity index (χ3v) is 2.81. The fourth-order valence-corrected chi connectivity index (χ4v) is 1.72. The maximum atomic E-state index is 4.44. The summed E-state index contributed by atoms with van der Waals surface area (Å²) in [5.74, 6) is 1.92. The van der Waals surface area contributed by atoms with Gasteiger partial charge in [0, 0.05) is 18.8 Å². The summed E-state index contributed by atoms with van der Waals surface area (Å²) in [6.45, 7) is 1.03. The van der Waals surface area contributed by atoms with E-state index in [4.69, 9.17) is 0 Å². The van der Waals surface area contributed by atoms with E-state index in [2.05, 4.69) is 15.4 Å². The second-order valence-electron chi connectivity index (χ2n) is 4.11. The molecule has 4 heteroatoms. The molecule has 0 bridgehead atoms. The first-order chi connectivity index (χ1) is 7.42. The van der Waals surface area contributed by atoms with Gasteiger partial charge in [-0.2, -0.15) is 5.10 Å². The van der Waals surface area contributed by atoms with Crippen LogP contribution < -0.4 is 5.32 Å². The molecular weight excluding hydrogens is 188 g/mol. The summed E-state index contributed by atoms with van der Waals surface area (Å²) in [5.41, 5.74) is 0.895. The third kappa shape index (κ3) is 1.93. The molecule has 3 rings (SSSR count). The lowest BCUT2D eigenvalue weighted by molar-refractivity contribution is 0.758. The molecule has 2 aromatic heterocycles. The average molecular weight is 202 g/mol. The summed E-state index contributed by atoms with van der Waals surface area (Å²) in [5, 5.41) is 7.45. The summed E-state index contributed by atoms with van der Waals surface area (Å²) in [6, 6.07) is 3.87. The van der Waals surface area contributed by atoms with Crippen LogP contribution in [0.3, 0.4) is 0 Å². The van der Waals surface area contributed by atoms with Gasteiger partial charge in [-0.05, 0) is 18.4 Å². The monoisotopic (exact) mass is 202 g/mol. The molecule has 0 aliphatic heterocycles. The van der Waals surface area contributed by atoms with Crippen LogP contribution in [0.15, 0.2) is 24.5 Å². The summed E-state index contributed by atoms with van der Waals surface area (Å²) < 4.78 is 1.77. The van der Waals surface area contributed by atoms with Gasteiger partial charge in [-0.15, -0.1) is 0 Å². The van der Waals surface area contributed by atoms with Gasteiger partial charge in [0.1, 0.15) is 5.82 Å². The molecule has 1 saturated carbocycles. The number of fused-ring (bicyclic) bond motifs is 1. The van der Waals surface area contributed by atoms with Crippen LogP contribution in [-0.2, 0) is 0 Å². The fraction of sp³-hybridized carbons (Fsp3) is 0.455. The smallest absolute Gasteiger partial charge is 0.157 e. The first-order valence-electron chi connectivity index (χ1n) is 5.46. The quantitative estimate of drug-likeness (QED) is 0.823. The van der Waals surface area contributed by atoms with Crippen molar-refractivity contribution < 1.29 is 0 Å². The van der Waals surface area contributed by atoms with Crippen molar-refractivity contribution in [2.45, 2.75) is 19.3 Å². The van der Waals surface area contributed by atoms with Gasteiger partial charge in [-0.1, -0.05) is 12.8 Å². The van der Waals surface area contributed by atoms with Crippen molar-refractivity contribution in [3.05, 3.63) is 24.5 Å². The first-order valence-corrected chi connectivity index (χ1v) is 5.46. The number of hydrogen-bond acceptors (Lipinski definition) is 3. The van der Waals surface area contributed by atoms with Crippen molar-refractivity contribution in [3.63, 3.8) is 0 Å². The first kappa shape index (κ1) is 8.71. The molecule has 0 saturated heterocycles. The molecule has 1 N–H and O–H groups in total. The van der Waals surface area contributed by atoms with E-state index < -0.39 is 0 Å². The van der Waals surface area contributed by atoms with Gasteiger partial charge in [0.15, 0.2) is 5.65 Å². The number of aromatic nitrogens is 3. The Balaban J connectivity index is 1.67. The van der Waals surface area contributed by atoms with Crippen molar-refractivity contribution in [2.75, 3.05) is 11.9 Å². The van der Waals surface area contributed by atoms with Gasteiger partial charge in [-0.3, -0.25) is 0 Å². The lowest BCUT2D eigenvalue weighted by atomic mass is 10.3. The van der Waals surface area contributed by atoms with E-state index >= 15 is 0 Å². The highest BCUT2D eigenvalue weighted by atomic mass is 15.2. The molecule has 4 nitrogen and oxygen atoms in total. The molecule has 0 atom stereocenters. The van der Waals surface area contributed by atoms with Crippen molar-refractivity contribution in [2.24, 2.45) is 5.92 Å². The zero-order chi connectivity index (χ0) is 10.1. The Hall–Kier alpha value is -1.58. The summed E-state index contributed by atoms with van der Waals surface area (Å²) in [6.07, 6.45) is 7.79. The Morgan fingerprint density at radius 3 is 3.20 bits per heavy atom. The van der Waals surface area contributed by atoms with Gasteiger partial charge in [0.25, 0.3) is 0 Å². The van der Waals surface area contributed by atoms with E-state index in [1.54, 1.807) is 10.7 Å². The molecule has 78 valence electrons. The Labute approximate surface area is 88.3 Å². The van der Waals surface area contributed by atoms with E-state index in [0.717, 1.165) is 23.9 Å². The largest absolute Gasteiger partial charge is 0.370 e. The lowest BCUT2D eigenvalue weighted by Crippen LogP contribution is -2.04. The second-order valence-corrected chi connectivity index (χ2v) is 4.11. The van der Waals surface area contributed by atoms with Crippen molar-refractivity contribution in [1.82, 2.24) is 14.6 Å². The molecular formula is C11H14N4. The van der Waals surface area contributed by atoms with E-state index in [0.29, 0.717) is 0 Å². The maximum absolute atomic E-state index is 4.44. The van der Waals surface area contributed by atoms with E-state index in [9.17, 15) is 0 Å². The summed E-state index contributed by atoms with van der Waals surface area (Å²) in [7, 11) is 0. The van der Waals surface area contributed by atoms with Crippen LogP contribution in [0, 0.1) is 5.92 Å². The molecule has 0 spiro atoms. The zero-order valence-electron chi connectivity index (χ0n) is 8.56. The van der Waals surface area contributed by atoms with Crippen LogP contribution in [0.4, 0.5) is 5.82 Å². The van der Waals surface area contributed by atoms with Crippen molar-refractivity contribution >= 4 is 11.5 Å². The van der Waals surface area contributed by atoms with Crippen LogP contribution in [0.1, 0.15) is 19.3 Å². The van der Waals surface area contributed by atoms with Crippen LogP contribution in [0.25, 0.3) is 5.65 Å². The molecule has 1 aliphatic rings. The molecule has 2 heterocycles. The van der Waals surface area contributed by atoms with Crippen LogP contribution in [0.5, 0.6) is 0 Å². The molecule has 2 aromatic rings. The van der Waals surface area contributed by atoms with Gasteiger partial charge >= 0.3 is 0 Å². The molecule has 15 heavy (non-hydrogen) atoms. The van der Waals surface area contributed by atoms with Crippen LogP contribution >= 0.6 is 0 Å². The van der Waals surface area contributed by atoms with Gasteiger partial charge in [0.05, 0.1) is 6.20 Å². The molecule has 0 aromatic carbocycles. The minimum Gasteiger partial charge on any atom is -0.370 e. The summed E-state index contributed by atoms with van der Waals surface area (Å²) in [4.78, 5) is 4.44. The molecule has 1 fully saturated rings. The zero-order valence-corrected chi connectivity index (χ0v) is 8.56. The second kappa shape index (κ2) is 3.53. The van der Waals surface area contributed by atoms with Gasteiger partial charge in [-0.25, -0.2) is 9.50 Å². The lowest BCUT2D eigenvalue weighted by Gasteiger charge is -2.04. The number of nitrogens with one attached hydrogen (secondary N) is 1. The molecule has 0 unspecified atom stereocenters. The minimum atomic E-state index is 0.895. The van der Waals surface area contributed by atoms with E-state index in [1.165, 1.54) is 19.3 Å². The van der Waals surface area contributed by atoms with Gasteiger partial charge < -0.3 is 5.32 Å². The highest BCUT2D eigenvalue weighted by molar-refractivity contribution is 5.45. The van der Waals surface area contributed by atoms with E-state index in [1.807, 2.05) is 18.3 Å². The highest BCUT2D eigenvalue weighted by Crippen LogP contribution is 2.31. The average Bonchev–Trinajstić information content (AvgIpc) is 2.95. The number of nitrogens with zero attached hydrogens (tertiary/aromatic N) is 3. The highest BCUT2D eigenvalue weighted by Gasteiger charge is 2.20. The Bertz CT molecular complexity index is 458. The SMILES string of the molecule is c1cc2nc(NCCC3CC3)ccn2n1. The van der Waals surface area contributed by atoms with Crippen LogP contribution in [0.2, 0.25) is 0 Å². The molecule has 1 aliphatic carbocycles. The topological polar surface area (TPSA) is 42.2 Å².